The zero-order valence-electron chi connectivity index (χ0n) is 18.9. The Morgan fingerprint density at radius 1 is 0.794 bits per heavy atom. The van der Waals surface area contributed by atoms with Crippen LogP contribution in [0.5, 0.6) is 11.5 Å². The summed E-state index contributed by atoms with van der Waals surface area (Å²) in [5, 5.41) is 18.7. The number of carbonyl (C=O) groups excluding carboxylic acids is 1. The number of rotatable bonds is 8. The van der Waals surface area contributed by atoms with Gasteiger partial charge < -0.3 is 15.2 Å². The summed E-state index contributed by atoms with van der Waals surface area (Å²) in [6, 6.07) is 36.1. The van der Waals surface area contributed by atoms with Gasteiger partial charge in [0.05, 0.1) is 19.8 Å². The molecule has 6 heteroatoms. The molecule has 0 unspecified atom stereocenters. The van der Waals surface area contributed by atoms with Crippen LogP contribution in [0.2, 0.25) is 0 Å². The van der Waals surface area contributed by atoms with Crippen molar-refractivity contribution in [1.29, 1.82) is 0 Å². The van der Waals surface area contributed by atoms with Crippen LogP contribution in [0, 0.1) is 0 Å². The van der Waals surface area contributed by atoms with Gasteiger partial charge in [-0.15, -0.1) is 17.0 Å². The number of methoxy groups -OCH3 is 1. The van der Waals surface area contributed by atoms with E-state index in [4.69, 9.17) is 4.74 Å². The van der Waals surface area contributed by atoms with E-state index in [0.29, 0.717) is 12.1 Å². The monoisotopic (exact) mass is 535 g/mol. The number of benzene rings is 4. The van der Waals surface area contributed by atoms with Gasteiger partial charge in [-0.05, 0) is 48.5 Å². The van der Waals surface area contributed by atoms with Gasteiger partial charge in [-0.3, -0.25) is 4.79 Å². The van der Waals surface area contributed by atoms with E-state index in [0.717, 1.165) is 6.16 Å². The predicted octanol–water partition coefficient (Wildman–Crippen LogP) is 4.07. The van der Waals surface area contributed by atoms with Crippen molar-refractivity contribution >= 4 is 46.1 Å². The van der Waals surface area contributed by atoms with Crippen LogP contribution in [-0.4, -0.2) is 25.7 Å². The van der Waals surface area contributed by atoms with Gasteiger partial charge in [-0.2, -0.15) is 0 Å². The molecule has 0 heterocycles. The second-order valence-corrected chi connectivity index (χ2v) is 11.3. The molecule has 0 bridgehead atoms. The van der Waals surface area contributed by atoms with Crippen molar-refractivity contribution in [1.82, 2.24) is 5.32 Å². The normalized spacial score (nSPS) is 10.7. The molecule has 0 saturated carbocycles. The molecule has 0 aromatic heterocycles. The summed E-state index contributed by atoms with van der Waals surface area (Å²) in [4.78, 5) is 12.9. The molecule has 0 fully saturated rings. The van der Waals surface area contributed by atoms with Crippen molar-refractivity contribution in [2.75, 3.05) is 19.8 Å². The summed E-state index contributed by atoms with van der Waals surface area (Å²) >= 11 is 0. The molecule has 0 aliphatic heterocycles. The number of carbonyl (C=O) groups is 1. The molecular weight excluding hydrogens is 509 g/mol. The first kappa shape index (κ1) is 25.5. The highest BCUT2D eigenvalue weighted by Gasteiger charge is 2.44. The van der Waals surface area contributed by atoms with Gasteiger partial charge in [0.2, 0.25) is 0 Å². The molecule has 4 nitrogen and oxygen atoms in total. The summed E-state index contributed by atoms with van der Waals surface area (Å²) < 4.78 is 5.08. The quantitative estimate of drug-likeness (QED) is 0.346. The maximum absolute atomic E-state index is 12.9. The number of amides is 1. The third kappa shape index (κ3) is 5.32. The molecule has 0 aliphatic rings. The first-order valence-corrected chi connectivity index (χ1v) is 12.8. The third-order valence-corrected chi connectivity index (χ3v) is 10.2. The second kappa shape index (κ2) is 11.8. The summed E-state index contributed by atoms with van der Waals surface area (Å²) in [5.74, 6) is -0.292. The maximum atomic E-state index is 12.9. The minimum absolute atomic E-state index is 0. The van der Waals surface area contributed by atoms with Crippen molar-refractivity contribution in [3.8, 4) is 11.5 Å². The Morgan fingerprint density at radius 2 is 1.26 bits per heavy atom. The van der Waals surface area contributed by atoms with Gasteiger partial charge in [0, 0.05) is 5.56 Å². The van der Waals surface area contributed by atoms with Crippen LogP contribution >= 0.6 is 24.2 Å². The molecule has 4 aromatic rings. The minimum Gasteiger partial charge on any atom is -0.870 e. The molecule has 0 atom stereocenters. The van der Waals surface area contributed by atoms with E-state index in [1.165, 1.54) is 41.2 Å². The fourth-order valence-electron chi connectivity index (χ4n) is 4.13. The lowest BCUT2D eigenvalue weighted by Gasteiger charge is -2.27. The molecule has 0 saturated heterocycles. The fourth-order valence-corrected chi connectivity index (χ4v) is 8.29. The molecule has 0 spiro atoms. The summed E-state index contributed by atoms with van der Waals surface area (Å²) in [7, 11) is -0.586. The fraction of sp³-hybridized carbons (Fsp3) is 0.107. The van der Waals surface area contributed by atoms with Gasteiger partial charge in [-0.1, -0.05) is 66.4 Å². The first-order chi connectivity index (χ1) is 16.1. The van der Waals surface area contributed by atoms with E-state index in [9.17, 15) is 9.90 Å². The number of hydrogen-bond acceptors (Lipinski definition) is 3. The molecule has 0 aliphatic carbocycles. The largest absolute Gasteiger partial charge is 0.870 e. The Balaban J connectivity index is 0.00000324. The van der Waals surface area contributed by atoms with Crippen molar-refractivity contribution in [3.63, 3.8) is 0 Å². The topological polar surface area (TPSA) is 61.4 Å². The van der Waals surface area contributed by atoms with E-state index in [2.05, 4.69) is 78.1 Å². The smallest absolute Gasteiger partial charge is 0.251 e. The third-order valence-electron chi connectivity index (χ3n) is 5.75. The molecular formula is C28H27BrNO3P. The van der Waals surface area contributed by atoms with Gasteiger partial charge >= 0.3 is 0 Å². The number of halogens is 1. The van der Waals surface area contributed by atoms with Gasteiger partial charge in [0.1, 0.15) is 28.9 Å². The number of hydrogen-bond donors (Lipinski definition) is 1. The van der Waals surface area contributed by atoms with Crippen LogP contribution in [0.4, 0.5) is 0 Å². The first-order valence-electron chi connectivity index (χ1n) is 10.8. The minimum atomic E-state index is -2.01. The zero-order valence-corrected chi connectivity index (χ0v) is 21.5. The predicted molar refractivity (Wildman–Crippen MR) is 145 cm³/mol. The molecule has 34 heavy (non-hydrogen) atoms. The highest BCUT2D eigenvalue weighted by molar-refractivity contribution is 8.93. The van der Waals surface area contributed by atoms with E-state index in [-0.39, 0.29) is 34.4 Å². The number of nitrogens with one attached hydrogen (secondary N) is 1. The van der Waals surface area contributed by atoms with Crippen molar-refractivity contribution < 1.29 is 14.6 Å². The summed E-state index contributed by atoms with van der Waals surface area (Å²) in [6.45, 7) is 0.493. The Hall–Kier alpha value is -3.14. The van der Waals surface area contributed by atoms with Crippen LogP contribution in [-0.2, 0) is 0 Å². The SMILES string of the molecule is Br.COc1cc(C(=O)NCC[P+](c2ccccc2)(c2ccccc2)c2ccccc2)ccc1[O-]. The molecule has 1 amide bonds. The van der Waals surface area contributed by atoms with Crippen LogP contribution in [0.25, 0.3) is 0 Å². The van der Waals surface area contributed by atoms with Crippen molar-refractivity contribution in [2.45, 2.75) is 0 Å². The Labute approximate surface area is 211 Å². The van der Waals surface area contributed by atoms with Crippen LogP contribution in [0.3, 0.4) is 0 Å². The molecule has 1 N–H and O–H groups in total. The Bertz CT molecular complexity index is 1110. The molecule has 4 rings (SSSR count). The lowest BCUT2D eigenvalue weighted by atomic mass is 10.2. The average Bonchev–Trinajstić information content (AvgIpc) is 2.88. The lowest BCUT2D eigenvalue weighted by molar-refractivity contribution is -0.270. The van der Waals surface area contributed by atoms with Crippen LogP contribution in [0.15, 0.2) is 109 Å². The van der Waals surface area contributed by atoms with Crippen LogP contribution < -0.4 is 31.1 Å². The van der Waals surface area contributed by atoms with Gasteiger partial charge in [0.25, 0.3) is 5.91 Å². The van der Waals surface area contributed by atoms with Gasteiger partial charge in [-0.25, -0.2) is 0 Å². The van der Waals surface area contributed by atoms with Crippen molar-refractivity contribution in [2.24, 2.45) is 0 Å². The van der Waals surface area contributed by atoms with Crippen LogP contribution in [0.1, 0.15) is 10.4 Å². The van der Waals surface area contributed by atoms with E-state index in [1.54, 1.807) is 0 Å². The highest BCUT2D eigenvalue weighted by atomic mass is 79.9. The lowest BCUT2D eigenvalue weighted by Crippen LogP contribution is -2.37. The zero-order chi connectivity index (χ0) is 23.1. The van der Waals surface area contributed by atoms with E-state index >= 15 is 0 Å². The van der Waals surface area contributed by atoms with Crippen molar-refractivity contribution in [3.05, 3.63) is 115 Å². The van der Waals surface area contributed by atoms with E-state index in [1.807, 2.05) is 18.2 Å². The maximum Gasteiger partial charge on any atom is 0.251 e. The second-order valence-electron chi connectivity index (χ2n) is 7.66. The Kier molecular flexibility index (Phi) is 8.86. The summed E-state index contributed by atoms with van der Waals surface area (Å²) in [6.07, 6.45) is 0.771. The Morgan fingerprint density at radius 3 is 1.71 bits per heavy atom. The van der Waals surface area contributed by atoms with Gasteiger partial charge in [0.15, 0.2) is 0 Å². The number of ether oxygens (including phenoxy) is 1. The molecule has 174 valence electrons. The average molecular weight is 536 g/mol. The molecule has 4 aromatic carbocycles. The highest BCUT2D eigenvalue weighted by Crippen LogP contribution is 2.54. The molecule has 0 radical (unpaired) electrons. The standard InChI is InChI=1S/C28H26NO3P.BrH/c1-32-27-21-22(17-18-26(27)30)28(31)29-19-20-33(23-11-5-2-6-12-23,24-13-7-3-8-14-24)25-15-9-4-10-16-25;/h2-18,21H,19-20H2,1H3,(H-,29,30,31);1H. The van der Waals surface area contributed by atoms with E-state index < -0.39 is 7.26 Å². The summed E-state index contributed by atoms with van der Waals surface area (Å²) in [5.41, 5.74) is 0.412.